The summed E-state index contributed by atoms with van der Waals surface area (Å²) in [5.74, 6) is -1.32. The van der Waals surface area contributed by atoms with Crippen LogP contribution in [0.15, 0.2) is 17.2 Å². The summed E-state index contributed by atoms with van der Waals surface area (Å²) in [5, 5.41) is 11.2. The highest BCUT2D eigenvalue weighted by atomic mass is 16.5. The van der Waals surface area contributed by atoms with Crippen molar-refractivity contribution in [2.24, 2.45) is 0 Å². The van der Waals surface area contributed by atoms with Crippen molar-refractivity contribution in [3.63, 3.8) is 0 Å². The van der Waals surface area contributed by atoms with Gasteiger partial charge in [0.1, 0.15) is 0 Å². The molecule has 0 unspecified atom stereocenters. The fraction of sp³-hybridized carbons (Fsp3) is 0.333. The Kier molecular flexibility index (Phi) is 4.57. The summed E-state index contributed by atoms with van der Waals surface area (Å²) in [6.45, 7) is 4.51. The molecule has 2 N–H and O–H groups in total. The van der Waals surface area contributed by atoms with E-state index in [0.717, 1.165) is 0 Å². The Morgan fingerprint density at radius 1 is 1.26 bits per heavy atom. The van der Waals surface area contributed by atoms with Crippen LogP contribution in [0.1, 0.15) is 19.5 Å². The maximum absolute atomic E-state index is 11.8. The van der Waals surface area contributed by atoms with Crippen molar-refractivity contribution in [1.82, 2.24) is 9.97 Å². The van der Waals surface area contributed by atoms with Gasteiger partial charge < -0.3 is 9.84 Å². The molecule has 0 bridgehead atoms. The first-order valence-corrected chi connectivity index (χ1v) is 5.47. The molecule has 0 aliphatic rings. The minimum Gasteiger partial charge on any atom is -0.481 e. The topological polar surface area (TPSA) is 101 Å². The summed E-state index contributed by atoms with van der Waals surface area (Å²) < 4.78 is 4.95. The molecule has 0 fully saturated rings. The normalized spacial score (nSPS) is 11.6. The van der Waals surface area contributed by atoms with Crippen molar-refractivity contribution in [2.45, 2.75) is 20.8 Å². The Hall–Kier alpha value is -2.44. The number of aromatic nitrogens is 2. The third-order valence-electron chi connectivity index (χ3n) is 2.49. The van der Waals surface area contributed by atoms with E-state index in [2.05, 4.69) is 15.3 Å². The van der Waals surface area contributed by atoms with E-state index >= 15 is 0 Å². The number of rotatable bonds is 4. The van der Waals surface area contributed by atoms with Crippen LogP contribution in [0.25, 0.3) is 0 Å². The molecule has 0 aliphatic carbocycles. The molecule has 0 radical (unpaired) electrons. The third kappa shape index (κ3) is 3.77. The second-order valence-corrected chi connectivity index (χ2v) is 3.88. The smallest absolute Gasteiger partial charge is 0.331 e. The largest absolute Gasteiger partial charge is 0.481 e. The Labute approximate surface area is 110 Å². The molecular weight excluding hydrogens is 250 g/mol. The predicted octanol–water partition coefficient (Wildman–Crippen LogP) is 1.15. The van der Waals surface area contributed by atoms with Gasteiger partial charge in [-0.25, -0.2) is 9.78 Å². The predicted molar refractivity (Wildman–Crippen MR) is 68.0 cm³/mol. The number of anilines is 1. The van der Waals surface area contributed by atoms with E-state index < -0.39 is 11.9 Å². The summed E-state index contributed by atoms with van der Waals surface area (Å²) in [4.78, 5) is 30.5. The maximum atomic E-state index is 11.8. The van der Waals surface area contributed by atoms with E-state index in [1.54, 1.807) is 13.0 Å². The van der Waals surface area contributed by atoms with Gasteiger partial charge in [0.05, 0.1) is 7.11 Å². The van der Waals surface area contributed by atoms with Crippen LogP contribution >= 0.6 is 0 Å². The van der Waals surface area contributed by atoms with Crippen LogP contribution < -0.4 is 10.1 Å². The summed E-state index contributed by atoms with van der Waals surface area (Å²) >= 11 is 0. The van der Waals surface area contributed by atoms with Crippen LogP contribution in [0.4, 0.5) is 5.95 Å². The van der Waals surface area contributed by atoms with Crippen molar-refractivity contribution < 1.29 is 19.4 Å². The first-order valence-electron chi connectivity index (χ1n) is 5.47. The number of amides is 1. The summed E-state index contributed by atoms with van der Waals surface area (Å²) in [6.07, 6.45) is 0. The number of aryl methyl sites for hydroxylation is 1. The third-order valence-corrected chi connectivity index (χ3v) is 2.49. The fourth-order valence-corrected chi connectivity index (χ4v) is 1.23. The highest BCUT2D eigenvalue weighted by Crippen LogP contribution is 2.12. The number of hydrogen-bond acceptors (Lipinski definition) is 5. The van der Waals surface area contributed by atoms with Gasteiger partial charge >= 0.3 is 5.97 Å². The molecule has 1 aromatic rings. The summed E-state index contributed by atoms with van der Waals surface area (Å²) in [7, 11) is 1.45. The Morgan fingerprint density at radius 3 is 2.42 bits per heavy atom. The molecule has 7 heteroatoms. The van der Waals surface area contributed by atoms with Crippen LogP contribution in [-0.4, -0.2) is 34.1 Å². The van der Waals surface area contributed by atoms with Crippen molar-refractivity contribution in [3.05, 3.63) is 22.9 Å². The van der Waals surface area contributed by atoms with Gasteiger partial charge in [0.25, 0.3) is 5.91 Å². The maximum Gasteiger partial charge on any atom is 0.331 e. The molecule has 7 nitrogen and oxygen atoms in total. The number of carbonyl (C=O) groups excluding carboxylic acids is 1. The summed E-state index contributed by atoms with van der Waals surface area (Å²) in [5.41, 5.74) is 0.687. The average Bonchev–Trinajstić information content (AvgIpc) is 2.35. The highest BCUT2D eigenvalue weighted by Gasteiger charge is 2.14. The SMILES string of the molecule is COc1cc(C)nc(NC(=O)/C(C)=C(/C)C(=O)O)n1. The van der Waals surface area contributed by atoms with Gasteiger partial charge in [-0.05, 0) is 20.8 Å². The van der Waals surface area contributed by atoms with Gasteiger partial charge in [0.15, 0.2) is 0 Å². The first kappa shape index (κ1) is 14.6. The molecule has 0 aromatic carbocycles. The number of carbonyl (C=O) groups is 2. The molecule has 1 aromatic heterocycles. The monoisotopic (exact) mass is 265 g/mol. The average molecular weight is 265 g/mol. The standard InChI is InChI=1S/C12H15N3O4/c1-6-5-9(19-4)14-12(13-6)15-10(16)7(2)8(3)11(17)18/h5H,1-4H3,(H,17,18)(H,13,14,15,16)/b8-7-. The fourth-order valence-electron chi connectivity index (χ4n) is 1.23. The number of carboxylic acid groups (broad SMARTS) is 1. The molecular formula is C12H15N3O4. The van der Waals surface area contributed by atoms with Crippen molar-refractivity contribution in [3.8, 4) is 5.88 Å². The van der Waals surface area contributed by atoms with Crippen molar-refractivity contribution in [2.75, 3.05) is 12.4 Å². The van der Waals surface area contributed by atoms with Crippen molar-refractivity contribution in [1.29, 1.82) is 0 Å². The van der Waals surface area contributed by atoms with Crippen LogP contribution in [0.2, 0.25) is 0 Å². The van der Waals surface area contributed by atoms with E-state index in [1.807, 2.05) is 0 Å². The number of aliphatic carboxylic acids is 1. The Bertz CT molecular complexity index is 552. The second kappa shape index (κ2) is 5.94. The lowest BCUT2D eigenvalue weighted by molar-refractivity contribution is -0.133. The molecule has 102 valence electrons. The van der Waals surface area contributed by atoms with Gasteiger partial charge in [-0.2, -0.15) is 4.98 Å². The van der Waals surface area contributed by atoms with E-state index in [9.17, 15) is 9.59 Å². The molecule has 0 spiro atoms. The zero-order valence-corrected chi connectivity index (χ0v) is 11.1. The number of nitrogens with zero attached hydrogens (tertiary/aromatic N) is 2. The van der Waals surface area contributed by atoms with Gasteiger partial charge in [-0.15, -0.1) is 0 Å². The quantitative estimate of drug-likeness (QED) is 0.792. The zero-order valence-electron chi connectivity index (χ0n) is 11.1. The Morgan fingerprint density at radius 2 is 1.89 bits per heavy atom. The number of nitrogens with one attached hydrogen (secondary N) is 1. The molecule has 1 rings (SSSR count). The number of methoxy groups -OCH3 is 1. The number of ether oxygens (including phenoxy) is 1. The molecule has 1 heterocycles. The zero-order chi connectivity index (χ0) is 14.6. The van der Waals surface area contributed by atoms with Crippen LogP contribution in [0.5, 0.6) is 5.88 Å². The molecule has 1 amide bonds. The van der Waals surface area contributed by atoms with E-state index in [0.29, 0.717) is 11.6 Å². The molecule has 0 aliphatic heterocycles. The summed E-state index contributed by atoms with van der Waals surface area (Å²) in [6, 6.07) is 1.61. The minimum atomic E-state index is -1.14. The lowest BCUT2D eigenvalue weighted by Gasteiger charge is -2.07. The Balaban J connectivity index is 2.97. The lowest BCUT2D eigenvalue weighted by atomic mass is 10.1. The van der Waals surface area contributed by atoms with Crippen LogP contribution in [-0.2, 0) is 9.59 Å². The number of carboxylic acids is 1. The van der Waals surface area contributed by atoms with E-state index in [-0.39, 0.29) is 17.1 Å². The van der Waals surface area contributed by atoms with Crippen molar-refractivity contribution >= 4 is 17.8 Å². The van der Waals surface area contributed by atoms with Gasteiger partial charge in [0, 0.05) is 22.9 Å². The van der Waals surface area contributed by atoms with Gasteiger partial charge in [0.2, 0.25) is 11.8 Å². The molecule has 19 heavy (non-hydrogen) atoms. The second-order valence-electron chi connectivity index (χ2n) is 3.88. The van der Waals surface area contributed by atoms with Crippen LogP contribution in [0.3, 0.4) is 0 Å². The first-order chi connectivity index (χ1) is 8.85. The highest BCUT2D eigenvalue weighted by molar-refractivity contribution is 6.07. The van der Waals surface area contributed by atoms with Crippen LogP contribution in [0, 0.1) is 6.92 Å². The molecule has 0 saturated carbocycles. The van der Waals surface area contributed by atoms with E-state index in [1.165, 1.54) is 21.0 Å². The number of hydrogen-bond donors (Lipinski definition) is 2. The van der Waals surface area contributed by atoms with Gasteiger partial charge in [-0.3, -0.25) is 10.1 Å². The van der Waals surface area contributed by atoms with Gasteiger partial charge in [-0.1, -0.05) is 0 Å². The van der Waals surface area contributed by atoms with E-state index in [4.69, 9.17) is 9.84 Å². The molecule has 0 saturated heterocycles. The molecule has 0 atom stereocenters. The lowest BCUT2D eigenvalue weighted by Crippen LogP contribution is -2.18. The minimum absolute atomic E-state index is 0.0304.